The van der Waals surface area contributed by atoms with E-state index in [0.29, 0.717) is 4.90 Å². The highest BCUT2D eigenvalue weighted by atomic mass is 31.3. The Morgan fingerprint density at radius 1 is 1.29 bits per heavy atom. The van der Waals surface area contributed by atoms with Crippen LogP contribution in [0.1, 0.15) is 0 Å². The van der Waals surface area contributed by atoms with Crippen molar-refractivity contribution >= 4 is 29.5 Å². The molecule has 21 heteroatoms. The fourth-order valence-corrected chi connectivity index (χ4v) is 5.39. The van der Waals surface area contributed by atoms with Crippen LogP contribution in [0.3, 0.4) is 0 Å². The molecule has 2 amide bonds. The van der Waals surface area contributed by atoms with Gasteiger partial charge in [0.1, 0.15) is 18.9 Å². The molecular formula is C10H16FN2O15P3-2. The molecule has 17 nitrogen and oxygen atoms in total. The molecule has 180 valence electrons. The molecule has 5 N–H and O–H groups in total. The molecular weight excluding hydrogens is 500 g/mol. The van der Waals surface area contributed by atoms with Gasteiger partial charge in [0, 0.05) is 13.3 Å². The van der Waals surface area contributed by atoms with Crippen molar-refractivity contribution in [3.63, 3.8) is 0 Å². The summed E-state index contributed by atoms with van der Waals surface area (Å²) in [5, 5.41) is 21.4. The van der Waals surface area contributed by atoms with Gasteiger partial charge >= 0.3 is 13.9 Å². The van der Waals surface area contributed by atoms with Crippen molar-refractivity contribution < 1.29 is 75.3 Å². The highest BCUT2D eigenvalue weighted by Gasteiger charge is 2.60. The Bertz CT molecular complexity index is 866. The van der Waals surface area contributed by atoms with Crippen LogP contribution in [0.5, 0.6) is 0 Å². The second-order valence-electron chi connectivity index (χ2n) is 5.88. The zero-order valence-electron chi connectivity index (χ0n) is 15.1. The van der Waals surface area contributed by atoms with Crippen molar-refractivity contribution in [3.05, 3.63) is 12.3 Å². The van der Waals surface area contributed by atoms with Crippen LogP contribution in [0.2, 0.25) is 0 Å². The quantitative estimate of drug-likeness (QED) is 0.196. The Labute approximate surface area is 172 Å². The number of alkyl halides is 1. The SMILES string of the molecule is CO[C@]1(COP(=O)(O)OP(=O)([O-])OP(=O)([O-])O)O[C@@H](N2C=CC(O)NC2=O)[C@H](O)[C@@H]1F. The molecule has 2 heterocycles. The van der Waals surface area contributed by atoms with Gasteiger partial charge in [-0.15, -0.1) is 0 Å². The molecule has 1 saturated heterocycles. The Kier molecular flexibility index (Phi) is 7.85. The third-order valence-corrected chi connectivity index (χ3v) is 7.43. The molecule has 0 aromatic heterocycles. The number of nitrogens with zero attached hydrogens (tertiary/aromatic N) is 1. The molecule has 0 aromatic carbocycles. The molecule has 0 aromatic rings. The normalized spacial score (nSPS) is 37.0. The zero-order valence-corrected chi connectivity index (χ0v) is 17.8. The van der Waals surface area contributed by atoms with Gasteiger partial charge in [-0.3, -0.25) is 18.6 Å². The predicted octanol–water partition coefficient (Wildman–Crippen LogP) is -2.68. The van der Waals surface area contributed by atoms with Crippen LogP contribution < -0.4 is 15.1 Å². The molecule has 31 heavy (non-hydrogen) atoms. The summed E-state index contributed by atoms with van der Waals surface area (Å²) in [6.45, 7) is -1.43. The lowest BCUT2D eigenvalue weighted by Crippen LogP contribution is -2.52. The lowest BCUT2D eigenvalue weighted by atomic mass is 10.1. The van der Waals surface area contributed by atoms with Gasteiger partial charge in [-0.1, -0.05) is 0 Å². The van der Waals surface area contributed by atoms with Crippen LogP contribution in [0, 0.1) is 0 Å². The number of aliphatic hydroxyl groups excluding tert-OH is 2. The predicted molar refractivity (Wildman–Crippen MR) is 86.4 cm³/mol. The average Bonchev–Trinajstić information content (AvgIpc) is 2.82. The number of carbonyl (C=O) groups is 1. The van der Waals surface area contributed by atoms with Crippen molar-refractivity contribution in [2.24, 2.45) is 0 Å². The topological polar surface area (TPSA) is 257 Å². The Morgan fingerprint density at radius 3 is 2.42 bits per heavy atom. The van der Waals surface area contributed by atoms with Gasteiger partial charge in [0.15, 0.2) is 12.4 Å². The maximum atomic E-state index is 14.7. The number of aliphatic hydroxyl groups is 2. The highest BCUT2D eigenvalue weighted by Crippen LogP contribution is 2.63. The number of phosphoric acid groups is 3. The second kappa shape index (κ2) is 9.21. The largest absolute Gasteiger partial charge is 0.756 e. The minimum atomic E-state index is -6.14. The van der Waals surface area contributed by atoms with Gasteiger partial charge in [-0.05, 0) is 6.08 Å². The fourth-order valence-electron chi connectivity index (χ4n) is 2.45. The minimum Gasteiger partial charge on any atom is -0.756 e. The van der Waals surface area contributed by atoms with E-state index >= 15 is 0 Å². The van der Waals surface area contributed by atoms with E-state index in [1.807, 2.05) is 5.32 Å². The van der Waals surface area contributed by atoms with E-state index in [1.54, 1.807) is 0 Å². The van der Waals surface area contributed by atoms with Gasteiger partial charge in [-0.2, -0.15) is 0 Å². The monoisotopic (exact) mass is 516 g/mol. The maximum absolute atomic E-state index is 14.7. The van der Waals surface area contributed by atoms with Gasteiger partial charge in [-0.25, -0.2) is 22.4 Å². The molecule has 0 saturated carbocycles. The lowest BCUT2D eigenvalue weighted by Gasteiger charge is -2.33. The molecule has 1 fully saturated rings. The van der Waals surface area contributed by atoms with E-state index in [9.17, 15) is 47.8 Å². The first-order chi connectivity index (χ1) is 14.0. The first kappa shape index (κ1) is 26.4. The zero-order chi connectivity index (χ0) is 23.8. The second-order valence-corrected chi connectivity index (χ2v) is 10.2. The molecule has 0 bridgehead atoms. The fraction of sp³-hybridized carbons (Fsp3) is 0.700. The van der Waals surface area contributed by atoms with Crippen LogP contribution >= 0.6 is 23.5 Å². The third-order valence-electron chi connectivity index (χ3n) is 3.72. The van der Waals surface area contributed by atoms with Crippen LogP contribution in [0.25, 0.3) is 0 Å². The van der Waals surface area contributed by atoms with Crippen molar-refractivity contribution in [2.75, 3.05) is 13.7 Å². The van der Waals surface area contributed by atoms with Crippen LogP contribution in [0.15, 0.2) is 12.3 Å². The number of ether oxygens (including phenoxy) is 2. The van der Waals surface area contributed by atoms with Gasteiger partial charge in [0.25, 0.3) is 15.6 Å². The number of amides is 2. The molecule has 0 aliphatic carbocycles. The van der Waals surface area contributed by atoms with Crippen LogP contribution in [-0.2, 0) is 36.3 Å². The van der Waals surface area contributed by atoms with Crippen molar-refractivity contribution in [2.45, 2.75) is 30.5 Å². The van der Waals surface area contributed by atoms with Crippen LogP contribution in [-0.4, -0.2) is 75.2 Å². The number of nitrogens with one attached hydrogen (secondary N) is 1. The Morgan fingerprint density at radius 2 is 1.90 bits per heavy atom. The maximum Gasteiger partial charge on any atom is 0.478 e. The summed E-state index contributed by atoms with van der Waals surface area (Å²) in [4.78, 5) is 51.9. The summed E-state index contributed by atoms with van der Waals surface area (Å²) >= 11 is 0. The van der Waals surface area contributed by atoms with E-state index in [2.05, 4.69) is 13.1 Å². The summed E-state index contributed by atoms with van der Waals surface area (Å²) in [6, 6.07) is -1.02. The third kappa shape index (κ3) is 6.60. The number of halogens is 1. The highest BCUT2D eigenvalue weighted by molar-refractivity contribution is 7.65. The number of hydrogen-bond acceptors (Lipinski definition) is 13. The van der Waals surface area contributed by atoms with E-state index in [4.69, 9.17) is 14.4 Å². The molecule has 4 unspecified atom stereocenters. The summed E-state index contributed by atoms with van der Waals surface area (Å²) in [6.07, 6.45) is -5.86. The average molecular weight is 516 g/mol. The minimum absolute atomic E-state index is 0.618. The number of phosphoric ester groups is 1. The molecule has 0 radical (unpaired) electrons. The van der Waals surface area contributed by atoms with Crippen molar-refractivity contribution in [1.82, 2.24) is 10.2 Å². The lowest BCUT2D eigenvalue weighted by molar-refractivity contribution is -0.259. The Balaban J connectivity index is 2.14. The number of rotatable bonds is 9. The standard InChI is InChI=1S/C10H18FN2O15P3/c1-24-10(4-25-30(20,21)28-31(22,23)27-29(17,18)19)7(11)6(15)8(26-10)13-3-2-5(14)12-9(13)16/h2-3,5-8,14-15H,4H2,1H3,(H,12,16)(H,20,21)(H,22,23)(H2,17,18,19)/p-2/t5?,6-,7+,8-,10-/m1/s1. The first-order valence-corrected chi connectivity index (χ1v) is 12.2. The van der Waals surface area contributed by atoms with Crippen molar-refractivity contribution in [3.8, 4) is 0 Å². The summed E-state index contributed by atoms with van der Waals surface area (Å²) < 4.78 is 68.9. The summed E-state index contributed by atoms with van der Waals surface area (Å²) in [7, 11) is -17.0. The molecule has 2 aliphatic heterocycles. The van der Waals surface area contributed by atoms with E-state index in [1.165, 1.54) is 0 Å². The molecule has 2 rings (SSSR count). The molecule has 8 atom stereocenters. The first-order valence-electron chi connectivity index (χ1n) is 7.76. The number of carbonyl (C=O) groups excluding carboxylic acids is 1. The van der Waals surface area contributed by atoms with E-state index in [-0.39, 0.29) is 0 Å². The summed E-state index contributed by atoms with van der Waals surface area (Å²) in [5.74, 6) is -2.69. The number of urea groups is 1. The van der Waals surface area contributed by atoms with Gasteiger partial charge < -0.3 is 44.6 Å². The Hall–Kier alpha value is -0.810. The van der Waals surface area contributed by atoms with E-state index < -0.39 is 66.6 Å². The van der Waals surface area contributed by atoms with E-state index in [0.717, 1.165) is 19.4 Å². The number of hydrogen-bond donors (Lipinski definition) is 5. The van der Waals surface area contributed by atoms with Crippen molar-refractivity contribution in [1.29, 1.82) is 0 Å². The van der Waals surface area contributed by atoms with Gasteiger partial charge in [0.05, 0.1) is 0 Å². The summed E-state index contributed by atoms with van der Waals surface area (Å²) in [5.41, 5.74) is 0. The van der Waals surface area contributed by atoms with Gasteiger partial charge in [0.2, 0.25) is 5.79 Å². The molecule has 0 spiro atoms. The van der Waals surface area contributed by atoms with Crippen LogP contribution in [0.4, 0.5) is 9.18 Å². The number of methoxy groups -OCH3 is 1. The smallest absolute Gasteiger partial charge is 0.478 e. The molecule has 2 aliphatic rings.